The van der Waals surface area contributed by atoms with Gasteiger partial charge in [0.2, 0.25) is 0 Å². The van der Waals surface area contributed by atoms with E-state index in [4.69, 9.17) is 17.3 Å². The van der Waals surface area contributed by atoms with E-state index >= 15 is 0 Å². The van der Waals surface area contributed by atoms with Crippen molar-refractivity contribution in [1.82, 2.24) is 0 Å². The number of sulfone groups is 1. The second kappa shape index (κ2) is 6.12. The lowest BCUT2D eigenvalue weighted by Gasteiger charge is -2.10. The Hall–Kier alpha value is -1.89. The van der Waals surface area contributed by atoms with Crippen molar-refractivity contribution in [2.24, 2.45) is 11.1 Å². The monoisotopic (exact) mass is 379 g/mol. The molecule has 0 radical (unpaired) electrons. The van der Waals surface area contributed by atoms with Gasteiger partial charge in [0.15, 0.2) is 9.84 Å². The predicted molar refractivity (Wildman–Crippen MR) is 95.5 cm³/mol. The summed E-state index contributed by atoms with van der Waals surface area (Å²) in [6.45, 7) is 1.66. The van der Waals surface area contributed by atoms with Crippen LogP contribution in [0.15, 0.2) is 53.4 Å². The van der Waals surface area contributed by atoms with Crippen LogP contribution in [0.2, 0.25) is 5.02 Å². The van der Waals surface area contributed by atoms with Crippen LogP contribution in [0.4, 0.5) is 0 Å². The predicted octanol–water partition coefficient (Wildman–Crippen LogP) is 2.62. The third kappa shape index (κ3) is 2.74. The van der Waals surface area contributed by atoms with E-state index in [1.165, 1.54) is 24.3 Å². The van der Waals surface area contributed by atoms with Crippen molar-refractivity contribution in [1.29, 1.82) is 0 Å². The van der Waals surface area contributed by atoms with Crippen molar-refractivity contribution in [3.8, 4) is 0 Å². The highest BCUT2D eigenvalue weighted by atomic mass is 35.5. The standard InChI is InChI=1S/C18H18ClNO4S/c1-11-2-4-12(5-3-11)15-16(18(15,10-20)17(21)22)25(23,24)14-8-6-13(19)7-9-14/h2-9,15-16H,10,20H2,1H3,(H,21,22)/t15-,16+,18-/m1/s1. The van der Waals surface area contributed by atoms with Gasteiger partial charge in [-0.05, 0) is 36.8 Å². The van der Waals surface area contributed by atoms with Gasteiger partial charge in [-0.1, -0.05) is 41.4 Å². The van der Waals surface area contributed by atoms with Gasteiger partial charge in [-0.15, -0.1) is 0 Å². The number of carboxylic acid groups (broad SMARTS) is 1. The zero-order valence-electron chi connectivity index (χ0n) is 13.5. The number of carbonyl (C=O) groups is 1. The minimum atomic E-state index is -3.87. The number of nitrogens with two attached hydrogens (primary N) is 1. The third-order valence-electron chi connectivity index (χ3n) is 4.91. The normalized spacial score (nSPS) is 25.6. The molecule has 1 saturated carbocycles. The molecule has 1 fully saturated rings. The maximum Gasteiger partial charge on any atom is 0.312 e. The molecule has 25 heavy (non-hydrogen) atoms. The van der Waals surface area contributed by atoms with Crippen molar-refractivity contribution in [2.45, 2.75) is 23.0 Å². The number of rotatable bonds is 5. The Balaban J connectivity index is 2.10. The molecule has 0 aliphatic heterocycles. The van der Waals surface area contributed by atoms with Gasteiger partial charge in [0.05, 0.1) is 10.1 Å². The van der Waals surface area contributed by atoms with Crippen LogP contribution in [0.1, 0.15) is 17.0 Å². The van der Waals surface area contributed by atoms with Crippen LogP contribution in [-0.4, -0.2) is 31.3 Å². The number of halogens is 1. The van der Waals surface area contributed by atoms with Crippen LogP contribution in [0.25, 0.3) is 0 Å². The molecule has 3 atom stereocenters. The molecule has 3 N–H and O–H groups in total. The van der Waals surface area contributed by atoms with Crippen LogP contribution >= 0.6 is 11.6 Å². The molecule has 7 heteroatoms. The van der Waals surface area contributed by atoms with Crippen LogP contribution in [0.3, 0.4) is 0 Å². The third-order valence-corrected chi connectivity index (χ3v) is 7.45. The Morgan fingerprint density at radius 1 is 1.16 bits per heavy atom. The van der Waals surface area contributed by atoms with E-state index in [1.807, 2.05) is 19.1 Å². The first kappa shape index (κ1) is 17.9. The molecule has 0 aromatic heterocycles. The van der Waals surface area contributed by atoms with E-state index in [0.29, 0.717) is 10.6 Å². The topological polar surface area (TPSA) is 97.5 Å². The molecule has 2 aromatic carbocycles. The Morgan fingerprint density at radius 3 is 2.20 bits per heavy atom. The summed E-state index contributed by atoms with van der Waals surface area (Å²) in [5.41, 5.74) is 5.91. The Bertz CT molecular complexity index is 909. The molecule has 0 heterocycles. The van der Waals surface area contributed by atoms with Crippen LogP contribution in [0, 0.1) is 12.3 Å². The molecule has 5 nitrogen and oxygen atoms in total. The van der Waals surface area contributed by atoms with Crippen LogP contribution in [-0.2, 0) is 14.6 Å². The van der Waals surface area contributed by atoms with Gasteiger partial charge in [-0.25, -0.2) is 8.42 Å². The Labute approximate surface area is 151 Å². The largest absolute Gasteiger partial charge is 0.481 e. The molecule has 2 aromatic rings. The first-order chi connectivity index (χ1) is 11.7. The molecule has 3 rings (SSSR count). The van der Waals surface area contributed by atoms with Gasteiger partial charge >= 0.3 is 5.97 Å². The number of benzene rings is 2. The van der Waals surface area contributed by atoms with Crippen LogP contribution in [0.5, 0.6) is 0 Å². The van der Waals surface area contributed by atoms with E-state index in [-0.39, 0.29) is 11.4 Å². The van der Waals surface area contributed by atoms with Crippen molar-refractivity contribution in [2.75, 3.05) is 6.54 Å². The zero-order valence-corrected chi connectivity index (χ0v) is 15.1. The fourth-order valence-electron chi connectivity index (χ4n) is 3.46. The van der Waals surface area contributed by atoms with Gasteiger partial charge in [0.25, 0.3) is 0 Å². The molecule has 0 spiro atoms. The van der Waals surface area contributed by atoms with Crippen molar-refractivity contribution in [3.63, 3.8) is 0 Å². The van der Waals surface area contributed by atoms with Gasteiger partial charge in [0.1, 0.15) is 5.41 Å². The maximum atomic E-state index is 13.1. The van der Waals surface area contributed by atoms with Crippen molar-refractivity contribution in [3.05, 3.63) is 64.7 Å². The number of aryl methyl sites for hydroxylation is 1. The first-order valence-electron chi connectivity index (χ1n) is 7.74. The van der Waals surface area contributed by atoms with Gasteiger partial charge < -0.3 is 10.8 Å². The number of hydrogen-bond donors (Lipinski definition) is 2. The SMILES string of the molecule is Cc1ccc([C@@H]2[C@H](S(=O)(=O)c3ccc(Cl)cc3)[C@]2(CN)C(=O)O)cc1. The van der Waals surface area contributed by atoms with Crippen LogP contribution < -0.4 is 5.73 Å². The summed E-state index contributed by atoms with van der Waals surface area (Å²) >= 11 is 5.82. The average Bonchev–Trinajstić information content (AvgIpc) is 3.27. The quantitative estimate of drug-likeness (QED) is 0.832. The number of aliphatic carboxylic acids is 1. The molecule has 0 bridgehead atoms. The zero-order chi connectivity index (χ0) is 18.4. The van der Waals surface area contributed by atoms with Gasteiger partial charge in [-0.2, -0.15) is 0 Å². The lowest BCUT2D eigenvalue weighted by molar-refractivity contribution is -0.143. The highest BCUT2D eigenvalue weighted by molar-refractivity contribution is 7.92. The Kier molecular flexibility index (Phi) is 4.39. The first-order valence-corrected chi connectivity index (χ1v) is 9.67. The molecular weight excluding hydrogens is 362 g/mol. The fraction of sp³-hybridized carbons (Fsp3) is 0.278. The Morgan fingerprint density at radius 2 is 1.72 bits per heavy atom. The highest BCUT2D eigenvalue weighted by Crippen LogP contribution is 2.63. The van der Waals surface area contributed by atoms with Crippen molar-refractivity contribution >= 4 is 27.4 Å². The van der Waals surface area contributed by atoms with E-state index in [0.717, 1.165) is 5.56 Å². The van der Waals surface area contributed by atoms with E-state index in [2.05, 4.69) is 0 Å². The smallest absolute Gasteiger partial charge is 0.312 e. The molecule has 1 aliphatic rings. The van der Waals surface area contributed by atoms with E-state index in [1.54, 1.807) is 12.1 Å². The number of carboxylic acids is 1. The second-order valence-corrected chi connectivity index (χ2v) is 8.86. The summed E-state index contributed by atoms with van der Waals surface area (Å²) in [6, 6.07) is 12.9. The highest BCUT2D eigenvalue weighted by Gasteiger charge is 2.75. The number of hydrogen-bond acceptors (Lipinski definition) is 4. The van der Waals surface area contributed by atoms with E-state index in [9.17, 15) is 18.3 Å². The van der Waals surface area contributed by atoms with E-state index < -0.39 is 32.4 Å². The lowest BCUT2D eigenvalue weighted by atomic mass is 9.99. The van der Waals surface area contributed by atoms with Crippen molar-refractivity contribution < 1.29 is 18.3 Å². The molecule has 0 amide bonds. The molecule has 132 valence electrons. The fourth-order valence-corrected chi connectivity index (χ4v) is 5.97. The summed E-state index contributed by atoms with van der Waals surface area (Å²) in [7, 11) is -3.87. The van der Waals surface area contributed by atoms with Gasteiger partial charge in [-0.3, -0.25) is 4.79 Å². The molecular formula is C18H18ClNO4S. The van der Waals surface area contributed by atoms with Gasteiger partial charge in [0, 0.05) is 17.5 Å². The summed E-state index contributed by atoms with van der Waals surface area (Å²) < 4.78 is 26.1. The minimum absolute atomic E-state index is 0.0515. The summed E-state index contributed by atoms with van der Waals surface area (Å²) in [5, 5.41) is 9.05. The lowest BCUT2D eigenvalue weighted by Crippen LogP contribution is -2.31. The maximum absolute atomic E-state index is 13.1. The minimum Gasteiger partial charge on any atom is -0.481 e. The average molecular weight is 380 g/mol. The molecule has 0 unspecified atom stereocenters. The summed E-state index contributed by atoms with van der Waals surface area (Å²) in [5.74, 6) is -1.88. The summed E-state index contributed by atoms with van der Waals surface area (Å²) in [4.78, 5) is 12.0. The molecule has 1 aliphatic carbocycles. The molecule has 0 saturated heterocycles. The second-order valence-electron chi connectivity index (χ2n) is 6.36. The summed E-state index contributed by atoms with van der Waals surface area (Å²) in [6.07, 6.45) is 0.